The van der Waals surface area contributed by atoms with E-state index in [0.717, 1.165) is 0 Å². The zero-order chi connectivity index (χ0) is 14.0. The Morgan fingerprint density at radius 2 is 2.00 bits per heavy atom. The third-order valence-corrected chi connectivity index (χ3v) is 3.97. The van der Waals surface area contributed by atoms with Gasteiger partial charge in [-0.25, -0.2) is 13.1 Å². The van der Waals surface area contributed by atoms with Crippen molar-refractivity contribution in [1.29, 1.82) is 0 Å². The monoisotopic (exact) mass is 281 g/mol. The van der Waals surface area contributed by atoms with E-state index in [1.54, 1.807) is 0 Å². The van der Waals surface area contributed by atoms with Gasteiger partial charge in [0.2, 0.25) is 10.0 Å². The van der Waals surface area contributed by atoms with E-state index in [2.05, 4.69) is 4.72 Å². The molecule has 0 bridgehead atoms. The Morgan fingerprint density at radius 3 is 2.58 bits per heavy atom. The molecule has 0 atom stereocenters. The van der Waals surface area contributed by atoms with Crippen molar-refractivity contribution in [3.63, 3.8) is 0 Å². The van der Waals surface area contributed by atoms with E-state index in [0.29, 0.717) is 6.29 Å². The molecule has 0 fully saturated rings. The fourth-order valence-corrected chi connectivity index (χ4v) is 2.31. The Hall–Kier alpha value is -2.12. The number of nitrogens with one attached hydrogen (secondary N) is 1. The number of hydrogen-bond donors (Lipinski definition) is 2. The summed E-state index contributed by atoms with van der Waals surface area (Å²) in [5.41, 5.74) is 0.199. The van der Waals surface area contributed by atoms with Gasteiger partial charge in [0, 0.05) is 0 Å². The second-order valence-corrected chi connectivity index (χ2v) is 5.59. The van der Waals surface area contributed by atoms with Crippen LogP contribution in [0.4, 0.5) is 0 Å². The van der Waals surface area contributed by atoms with Crippen LogP contribution in [-0.2, 0) is 10.0 Å². The minimum absolute atomic E-state index is 0.00754. The van der Waals surface area contributed by atoms with Crippen LogP contribution in [0.25, 0.3) is 11.3 Å². The van der Waals surface area contributed by atoms with E-state index in [1.807, 2.05) is 0 Å². The first kappa shape index (κ1) is 13.3. The lowest BCUT2D eigenvalue weighted by Gasteiger charge is -2.06. The van der Waals surface area contributed by atoms with E-state index >= 15 is 0 Å². The predicted octanol–water partition coefficient (Wildman–Crippen LogP) is 1.37. The van der Waals surface area contributed by atoms with E-state index in [-0.39, 0.29) is 27.7 Å². The molecule has 0 aliphatic rings. The van der Waals surface area contributed by atoms with Crippen LogP contribution in [0.15, 0.2) is 39.6 Å². The molecule has 1 heterocycles. The van der Waals surface area contributed by atoms with Gasteiger partial charge in [-0.2, -0.15) is 0 Å². The molecular formula is C12H11NO5S. The summed E-state index contributed by atoms with van der Waals surface area (Å²) in [6.07, 6.45) is 0.523. The first-order chi connectivity index (χ1) is 8.97. The van der Waals surface area contributed by atoms with Crippen LogP contribution in [0.2, 0.25) is 0 Å². The van der Waals surface area contributed by atoms with Crippen LogP contribution in [0.3, 0.4) is 0 Å². The average molecular weight is 281 g/mol. The number of aromatic hydroxyl groups is 1. The minimum atomic E-state index is -3.62. The van der Waals surface area contributed by atoms with Crippen molar-refractivity contribution in [3.8, 4) is 17.1 Å². The maximum absolute atomic E-state index is 11.7. The number of hydrogen-bond acceptors (Lipinski definition) is 5. The highest BCUT2D eigenvalue weighted by Gasteiger charge is 2.16. The van der Waals surface area contributed by atoms with Crippen molar-refractivity contribution in [2.75, 3.05) is 7.05 Å². The van der Waals surface area contributed by atoms with Gasteiger partial charge >= 0.3 is 0 Å². The van der Waals surface area contributed by atoms with Crippen molar-refractivity contribution in [2.45, 2.75) is 4.90 Å². The number of aldehydes is 1. The first-order valence-corrected chi connectivity index (χ1v) is 6.78. The lowest BCUT2D eigenvalue weighted by Crippen LogP contribution is -2.18. The number of benzene rings is 1. The quantitative estimate of drug-likeness (QED) is 0.825. The van der Waals surface area contributed by atoms with Gasteiger partial charge in [-0.3, -0.25) is 4.79 Å². The number of rotatable bonds is 4. The minimum Gasteiger partial charge on any atom is -0.507 e. The zero-order valence-corrected chi connectivity index (χ0v) is 10.8. The second kappa shape index (κ2) is 4.87. The van der Waals surface area contributed by atoms with Crippen LogP contribution in [0.1, 0.15) is 10.6 Å². The average Bonchev–Trinajstić information content (AvgIpc) is 2.87. The fourth-order valence-electron chi connectivity index (χ4n) is 1.56. The van der Waals surface area contributed by atoms with Crippen LogP contribution < -0.4 is 4.72 Å². The largest absolute Gasteiger partial charge is 0.507 e. The Morgan fingerprint density at radius 1 is 1.26 bits per heavy atom. The lowest BCUT2D eigenvalue weighted by molar-refractivity contribution is 0.110. The molecule has 1 aromatic heterocycles. The summed E-state index contributed by atoms with van der Waals surface area (Å²) in [6.45, 7) is 0. The normalized spacial score (nSPS) is 11.4. The molecule has 0 saturated heterocycles. The number of carbonyl (C=O) groups excluding carboxylic acids is 1. The third kappa shape index (κ3) is 2.51. The molecular weight excluding hydrogens is 270 g/mol. The highest BCUT2D eigenvalue weighted by atomic mass is 32.2. The Bertz CT molecular complexity index is 717. The van der Waals surface area contributed by atoms with Crippen molar-refractivity contribution in [1.82, 2.24) is 4.72 Å². The molecule has 100 valence electrons. The Balaban J connectivity index is 2.57. The number of phenolic OH excluding ortho intramolecular Hbond substituents is 1. The third-order valence-electron chi connectivity index (χ3n) is 2.56. The van der Waals surface area contributed by atoms with Crippen LogP contribution in [0, 0.1) is 0 Å². The van der Waals surface area contributed by atoms with Gasteiger partial charge in [0.25, 0.3) is 0 Å². The molecule has 0 amide bonds. The van der Waals surface area contributed by atoms with Gasteiger partial charge in [0.15, 0.2) is 12.0 Å². The number of furan rings is 1. The molecule has 0 unspecified atom stereocenters. The van der Waals surface area contributed by atoms with E-state index in [9.17, 15) is 18.3 Å². The molecule has 6 nitrogen and oxygen atoms in total. The molecule has 0 aliphatic heterocycles. The van der Waals surface area contributed by atoms with Crippen molar-refractivity contribution < 1.29 is 22.7 Å². The smallest absolute Gasteiger partial charge is 0.240 e. The standard InChI is InChI=1S/C12H11NO5S/c1-13-19(16,17)9-3-4-11(15)10(6-9)12-5-2-8(7-14)18-12/h2-7,13,15H,1H3. The van der Waals surface area contributed by atoms with E-state index < -0.39 is 10.0 Å². The fraction of sp³-hybridized carbons (Fsp3) is 0.0833. The highest BCUT2D eigenvalue weighted by molar-refractivity contribution is 7.89. The van der Waals surface area contributed by atoms with Crippen LogP contribution in [-0.4, -0.2) is 26.9 Å². The summed E-state index contributed by atoms with van der Waals surface area (Å²) < 4.78 is 30.7. The Kier molecular flexibility index (Phi) is 3.41. The van der Waals surface area contributed by atoms with Gasteiger partial charge < -0.3 is 9.52 Å². The number of carbonyl (C=O) groups is 1. The second-order valence-electron chi connectivity index (χ2n) is 3.71. The molecule has 19 heavy (non-hydrogen) atoms. The summed E-state index contributed by atoms with van der Waals surface area (Å²) in [5.74, 6) is 0.172. The SMILES string of the molecule is CNS(=O)(=O)c1ccc(O)c(-c2ccc(C=O)o2)c1. The summed E-state index contributed by atoms with van der Waals surface area (Å²) in [4.78, 5) is 10.5. The van der Waals surface area contributed by atoms with Gasteiger partial charge in [0.05, 0.1) is 10.5 Å². The summed E-state index contributed by atoms with van der Waals surface area (Å²) in [5, 5.41) is 9.75. The van der Waals surface area contributed by atoms with Gasteiger partial charge in [0.1, 0.15) is 11.5 Å². The molecule has 2 aromatic rings. The van der Waals surface area contributed by atoms with Crippen LogP contribution >= 0.6 is 0 Å². The van der Waals surface area contributed by atoms with E-state index in [1.165, 1.54) is 37.4 Å². The summed E-state index contributed by atoms with van der Waals surface area (Å²) in [7, 11) is -2.33. The molecule has 0 radical (unpaired) electrons. The molecule has 7 heteroatoms. The number of phenols is 1. The highest BCUT2D eigenvalue weighted by Crippen LogP contribution is 2.32. The Labute approximate surface area is 109 Å². The van der Waals surface area contributed by atoms with Crippen LogP contribution in [0.5, 0.6) is 5.75 Å². The molecule has 1 aromatic carbocycles. The zero-order valence-electron chi connectivity index (χ0n) is 9.95. The van der Waals surface area contributed by atoms with Gasteiger partial charge in [-0.1, -0.05) is 0 Å². The molecule has 2 N–H and O–H groups in total. The van der Waals surface area contributed by atoms with Crippen molar-refractivity contribution in [3.05, 3.63) is 36.1 Å². The molecule has 2 rings (SSSR count). The predicted molar refractivity (Wildman–Crippen MR) is 67.4 cm³/mol. The summed E-state index contributed by atoms with van der Waals surface area (Å²) in [6, 6.07) is 6.71. The maximum atomic E-state index is 11.7. The summed E-state index contributed by atoms with van der Waals surface area (Å²) >= 11 is 0. The molecule has 0 aliphatic carbocycles. The number of sulfonamides is 1. The lowest BCUT2D eigenvalue weighted by atomic mass is 10.1. The van der Waals surface area contributed by atoms with E-state index in [4.69, 9.17) is 4.42 Å². The topological polar surface area (TPSA) is 96.6 Å². The molecule has 0 spiro atoms. The first-order valence-electron chi connectivity index (χ1n) is 5.30. The van der Waals surface area contributed by atoms with Gasteiger partial charge in [-0.15, -0.1) is 0 Å². The van der Waals surface area contributed by atoms with Crippen molar-refractivity contribution >= 4 is 16.3 Å². The molecule has 0 saturated carbocycles. The van der Waals surface area contributed by atoms with Crippen molar-refractivity contribution in [2.24, 2.45) is 0 Å². The van der Waals surface area contributed by atoms with Gasteiger partial charge in [-0.05, 0) is 37.4 Å². The maximum Gasteiger partial charge on any atom is 0.240 e.